The monoisotopic (exact) mass is 353 g/mol. The molecule has 2 amide bonds. The van der Waals surface area contributed by atoms with E-state index in [-0.39, 0.29) is 11.8 Å². The molecule has 0 saturated carbocycles. The van der Waals surface area contributed by atoms with Crippen molar-refractivity contribution >= 4 is 22.9 Å². The second kappa shape index (κ2) is 6.67. The molecule has 0 radical (unpaired) electrons. The molecule has 3 heterocycles. The summed E-state index contributed by atoms with van der Waals surface area (Å²) in [6, 6.07) is 6.96. The van der Waals surface area contributed by atoms with Crippen LogP contribution in [0.3, 0.4) is 0 Å². The zero-order chi connectivity index (χ0) is 18.1. The molecule has 1 aliphatic heterocycles. The van der Waals surface area contributed by atoms with Crippen LogP contribution in [0.2, 0.25) is 0 Å². The predicted molar refractivity (Wildman–Crippen MR) is 93.9 cm³/mol. The Morgan fingerprint density at radius 2 is 1.73 bits per heavy atom. The third-order valence-corrected chi connectivity index (χ3v) is 4.58. The number of carbonyl (C=O) groups excluding carboxylic acids is 2. The molecule has 1 aliphatic rings. The summed E-state index contributed by atoms with van der Waals surface area (Å²) < 4.78 is 10.5. The number of aromatic nitrogens is 1. The van der Waals surface area contributed by atoms with Crippen molar-refractivity contribution in [3.8, 4) is 0 Å². The number of furan rings is 1. The molecule has 0 unspecified atom stereocenters. The van der Waals surface area contributed by atoms with Gasteiger partial charge in [-0.15, -0.1) is 0 Å². The first kappa shape index (κ1) is 16.4. The van der Waals surface area contributed by atoms with E-state index in [1.165, 1.54) is 12.5 Å². The van der Waals surface area contributed by atoms with Gasteiger partial charge < -0.3 is 18.6 Å². The van der Waals surface area contributed by atoms with Gasteiger partial charge in [0.2, 0.25) is 0 Å². The molecule has 1 fully saturated rings. The van der Waals surface area contributed by atoms with E-state index in [0.717, 1.165) is 11.9 Å². The highest BCUT2D eigenvalue weighted by Gasteiger charge is 2.24. The largest absolute Gasteiger partial charge is 0.472 e. The number of amides is 2. The number of hydrogen-bond donors (Lipinski definition) is 0. The lowest BCUT2D eigenvalue weighted by atomic mass is 10.1. The molecule has 1 saturated heterocycles. The zero-order valence-corrected chi connectivity index (χ0v) is 14.5. The summed E-state index contributed by atoms with van der Waals surface area (Å²) in [7, 11) is 0. The third kappa shape index (κ3) is 3.08. The minimum Gasteiger partial charge on any atom is -0.472 e. The van der Waals surface area contributed by atoms with Crippen LogP contribution >= 0.6 is 0 Å². The first-order valence-electron chi connectivity index (χ1n) is 8.60. The highest BCUT2D eigenvalue weighted by Crippen LogP contribution is 2.19. The van der Waals surface area contributed by atoms with Crippen LogP contribution in [-0.2, 0) is 0 Å². The van der Waals surface area contributed by atoms with E-state index in [9.17, 15) is 9.59 Å². The Labute approximate surface area is 150 Å². The lowest BCUT2D eigenvalue weighted by Crippen LogP contribution is -2.37. The number of carbonyl (C=O) groups is 2. The van der Waals surface area contributed by atoms with Crippen LogP contribution in [0.5, 0.6) is 0 Å². The number of oxazole rings is 1. The van der Waals surface area contributed by atoms with E-state index in [4.69, 9.17) is 8.83 Å². The summed E-state index contributed by atoms with van der Waals surface area (Å²) in [5.41, 5.74) is 2.46. The third-order valence-electron chi connectivity index (χ3n) is 4.58. The SMILES string of the molecule is Cc1nc2ccc(C(=O)N3CCCN(C(=O)c4ccoc4)CC3)cc2o1. The van der Waals surface area contributed by atoms with Gasteiger partial charge in [0.1, 0.15) is 11.8 Å². The fraction of sp³-hybridized carbons (Fsp3) is 0.316. The van der Waals surface area contributed by atoms with Crippen molar-refractivity contribution in [1.29, 1.82) is 0 Å². The van der Waals surface area contributed by atoms with E-state index in [1.54, 1.807) is 41.0 Å². The van der Waals surface area contributed by atoms with Crippen molar-refractivity contribution in [2.24, 2.45) is 0 Å². The molecule has 3 aromatic rings. The van der Waals surface area contributed by atoms with E-state index in [2.05, 4.69) is 4.98 Å². The van der Waals surface area contributed by atoms with Crippen LogP contribution in [0.25, 0.3) is 11.1 Å². The maximum absolute atomic E-state index is 12.9. The Kier molecular flexibility index (Phi) is 4.20. The molecule has 0 atom stereocenters. The maximum atomic E-state index is 12.9. The molecule has 26 heavy (non-hydrogen) atoms. The lowest BCUT2D eigenvalue weighted by molar-refractivity contribution is 0.0718. The van der Waals surface area contributed by atoms with E-state index in [0.29, 0.717) is 48.8 Å². The molecule has 0 bridgehead atoms. The highest BCUT2D eigenvalue weighted by atomic mass is 16.3. The normalized spacial score (nSPS) is 15.3. The van der Waals surface area contributed by atoms with Gasteiger partial charge in [-0.25, -0.2) is 4.98 Å². The number of nitrogens with zero attached hydrogens (tertiary/aromatic N) is 3. The summed E-state index contributed by atoms with van der Waals surface area (Å²) >= 11 is 0. The highest BCUT2D eigenvalue weighted by molar-refractivity contribution is 5.97. The number of hydrogen-bond acceptors (Lipinski definition) is 5. The summed E-state index contributed by atoms with van der Waals surface area (Å²) in [6.45, 7) is 4.01. The van der Waals surface area contributed by atoms with Crippen molar-refractivity contribution in [2.75, 3.05) is 26.2 Å². The average molecular weight is 353 g/mol. The standard InChI is InChI=1S/C19H19N3O4/c1-13-20-16-4-3-14(11-17(16)26-13)18(23)21-6-2-7-22(9-8-21)19(24)15-5-10-25-12-15/h3-5,10-12H,2,6-9H2,1H3. The molecule has 0 spiro atoms. The van der Waals surface area contributed by atoms with Crippen LogP contribution in [0.15, 0.2) is 45.6 Å². The Hall–Kier alpha value is -3.09. The van der Waals surface area contributed by atoms with E-state index < -0.39 is 0 Å². The molecule has 0 N–H and O–H groups in total. The number of rotatable bonds is 2. The summed E-state index contributed by atoms with van der Waals surface area (Å²) in [5.74, 6) is 0.456. The van der Waals surface area contributed by atoms with Gasteiger partial charge in [-0.05, 0) is 30.7 Å². The molecule has 134 valence electrons. The summed E-state index contributed by atoms with van der Waals surface area (Å²) in [5, 5.41) is 0. The predicted octanol–water partition coefficient (Wildman–Crippen LogP) is 2.72. The fourth-order valence-corrected chi connectivity index (χ4v) is 3.25. The Morgan fingerprint density at radius 1 is 1.00 bits per heavy atom. The summed E-state index contributed by atoms with van der Waals surface area (Å²) in [4.78, 5) is 33.1. The van der Waals surface area contributed by atoms with Crippen LogP contribution in [0, 0.1) is 6.92 Å². The number of fused-ring (bicyclic) bond motifs is 1. The fourth-order valence-electron chi connectivity index (χ4n) is 3.25. The van der Waals surface area contributed by atoms with Gasteiger partial charge in [-0.2, -0.15) is 0 Å². The molecule has 7 nitrogen and oxygen atoms in total. The topological polar surface area (TPSA) is 79.8 Å². The molecule has 4 rings (SSSR count). The van der Waals surface area contributed by atoms with Crippen molar-refractivity contribution in [1.82, 2.24) is 14.8 Å². The lowest BCUT2D eigenvalue weighted by Gasteiger charge is -2.22. The van der Waals surface area contributed by atoms with Crippen molar-refractivity contribution in [2.45, 2.75) is 13.3 Å². The smallest absolute Gasteiger partial charge is 0.257 e. The quantitative estimate of drug-likeness (QED) is 0.708. The second-order valence-corrected chi connectivity index (χ2v) is 6.37. The zero-order valence-electron chi connectivity index (χ0n) is 14.5. The minimum absolute atomic E-state index is 0.0569. The van der Waals surface area contributed by atoms with Crippen LogP contribution < -0.4 is 0 Å². The van der Waals surface area contributed by atoms with Crippen molar-refractivity contribution in [3.63, 3.8) is 0 Å². The van der Waals surface area contributed by atoms with E-state index >= 15 is 0 Å². The first-order valence-corrected chi connectivity index (χ1v) is 8.60. The second-order valence-electron chi connectivity index (χ2n) is 6.37. The van der Waals surface area contributed by atoms with Gasteiger partial charge in [0.25, 0.3) is 11.8 Å². The van der Waals surface area contributed by atoms with Gasteiger partial charge in [-0.1, -0.05) is 0 Å². The maximum Gasteiger partial charge on any atom is 0.257 e. The molecule has 2 aromatic heterocycles. The van der Waals surface area contributed by atoms with Crippen molar-refractivity contribution in [3.05, 3.63) is 53.8 Å². The summed E-state index contributed by atoms with van der Waals surface area (Å²) in [6.07, 6.45) is 3.67. The number of benzene rings is 1. The van der Waals surface area contributed by atoms with Gasteiger partial charge in [0.05, 0.1) is 11.8 Å². The van der Waals surface area contributed by atoms with Gasteiger partial charge in [0, 0.05) is 38.7 Å². The molecular weight excluding hydrogens is 334 g/mol. The molecular formula is C19H19N3O4. The molecule has 1 aromatic carbocycles. The van der Waals surface area contributed by atoms with Gasteiger partial charge >= 0.3 is 0 Å². The first-order chi connectivity index (χ1) is 12.6. The Balaban J connectivity index is 1.47. The minimum atomic E-state index is -0.0633. The number of aryl methyl sites for hydroxylation is 1. The average Bonchev–Trinajstić information content (AvgIpc) is 3.23. The van der Waals surface area contributed by atoms with Crippen LogP contribution in [0.4, 0.5) is 0 Å². The van der Waals surface area contributed by atoms with Crippen LogP contribution in [-0.4, -0.2) is 52.8 Å². The Bertz CT molecular complexity index is 945. The van der Waals surface area contributed by atoms with E-state index in [1.807, 2.05) is 0 Å². The molecule has 7 heteroatoms. The Morgan fingerprint density at radius 3 is 2.42 bits per heavy atom. The van der Waals surface area contributed by atoms with Gasteiger partial charge in [-0.3, -0.25) is 9.59 Å². The molecule has 0 aliphatic carbocycles. The van der Waals surface area contributed by atoms with Crippen LogP contribution in [0.1, 0.15) is 33.0 Å². The van der Waals surface area contributed by atoms with Crippen molar-refractivity contribution < 1.29 is 18.4 Å². The van der Waals surface area contributed by atoms with Gasteiger partial charge in [0.15, 0.2) is 11.5 Å².